The number of hydrogen-bond donors (Lipinski definition) is 1. The highest BCUT2D eigenvalue weighted by Crippen LogP contribution is 2.30. The number of aromatic carboxylic acids is 1. The Kier molecular flexibility index (Phi) is 3.06. The van der Waals surface area contributed by atoms with Crippen molar-refractivity contribution in [3.05, 3.63) is 40.8 Å². The first-order valence-corrected chi connectivity index (χ1v) is 7.20. The van der Waals surface area contributed by atoms with Crippen molar-refractivity contribution in [1.82, 2.24) is 9.55 Å². The first kappa shape index (κ1) is 12.9. The SMILES string of the molecule is CCc1ccc(-c2nc3cc(C(=O)O)ccc3n2C)s1. The van der Waals surface area contributed by atoms with Gasteiger partial charge in [0.25, 0.3) is 0 Å². The van der Waals surface area contributed by atoms with E-state index in [-0.39, 0.29) is 5.56 Å². The van der Waals surface area contributed by atoms with E-state index in [0.717, 1.165) is 22.6 Å². The van der Waals surface area contributed by atoms with Gasteiger partial charge in [0.2, 0.25) is 0 Å². The van der Waals surface area contributed by atoms with E-state index in [1.807, 2.05) is 17.7 Å². The molecule has 1 N–H and O–H groups in total. The van der Waals surface area contributed by atoms with Gasteiger partial charge in [-0.25, -0.2) is 9.78 Å². The Hall–Kier alpha value is -2.14. The number of rotatable bonds is 3. The Bertz CT molecular complexity index is 801. The second kappa shape index (κ2) is 4.76. The van der Waals surface area contributed by atoms with Crippen molar-refractivity contribution in [2.45, 2.75) is 13.3 Å². The van der Waals surface area contributed by atoms with Crippen LogP contribution in [0.4, 0.5) is 0 Å². The third-order valence-corrected chi connectivity index (χ3v) is 4.58. The fourth-order valence-corrected chi connectivity index (χ4v) is 3.21. The Balaban J connectivity index is 2.16. The number of nitrogens with zero attached hydrogens (tertiary/aromatic N) is 2. The molecule has 3 aromatic rings. The molecule has 0 aliphatic carbocycles. The van der Waals surface area contributed by atoms with Crippen molar-refractivity contribution < 1.29 is 9.90 Å². The van der Waals surface area contributed by atoms with E-state index >= 15 is 0 Å². The average Bonchev–Trinajstić information content (AvgIpc) is 3.03. The molecule has 0 saturated heterocycles. The van der Waals surface area contributed by atoms with Crippen LogP contribution in [0, 0.1) is 0 Å². The number of thiophene rings is 1. The van der Waals surface area contributed by atoms with Crippen LogP contribution in [0.15, 0.2) is 30.3 Å². The Labute approximate surface area is 120 Å². The van der Waals surface area contributed by atoms with Crippen LogP contribution >= 0.6 is 11.3 Å². The number of carboxylic acid groups (broad SMARTS) is 1. The zero-order chi connectivity index (χ0) is 14.3. The smallest absolute Gasteiger partial charge is 0.335 e. The Morgan fingerprint density at radius 1 is 1.35 bits per heavy atom. The number of benzene rings is 1. The molecule has 0 fully saturated rings. The molecule has 0 aliphatic rings. The van der Waals surface area contributed by atoms with Crippen molar-refractivity contribution in [1.29, 1.82) is 0 Å². The quantitative estimate of drug-likeness (QED) is 0.801. The number of aryl methyl sites for hydroxylation is 2. The summed E-state index contributed by atoms with van der Waals surface area (Å²) in [5.74, 6) is -0.0456. The molecule has 20 heavy (non-hydrogen) atoms. The van der Waals surface area contributed by atoms with Gasteiger partial charge in [-0.3, -0.25) is 0 Å². The summed E-state index contributed by atoms with van der Waals surface area (Å²) in [6, 6.07) is 9.23. The van der Waals surface area contributed by atoms with Crippen LogP contribution in [-0.2, 0) is 13.5 Å². The number of aromatic nitrogens is 2. The molecule has 102 valence electrons. The lowest BCUT2D eigenvalue weighted by Crippen LogP contribution is -1.95. The highest BCUT2D eigenvalue weighted by molar-refractivity contribution is 7.15. The summed E-state index contributed by atoms with van der Waals surface area (Å²) in [5, 5.41) is 9.04. The number of imidazole rings is 1. The lowest BCUT2D eigenvalue weighted by atomic mass is 10.2. The van der Waals surface area contributed by atoms with Crippen LogP contribution in [0.2, 0.25) is 0 Å². The van der Waals surface area contributed by atoms with Gasteiger partial charge >= 0.3 is 5.97 Å². The van der Waals surface area contributed by atoms with Crippen LogP contribution in [0.1, 0.15) is 22.2 Å². The molecular formula is C15H14N2O2S. The van der Waals surface area contributed by atoms with Crippen molar-refractivity contribution in [3.8, 4) is 10.7 Å². The van der Waals surface area contributed by atoms with Crippen molar-refractivity contribution in [3.63, 3.8) is 0 Å². The molecule has 3 rings (SSSR count). The summed E-state index contributed by atoms with van der Waals surface area (Å²) in [6.45, 7) is 2.13. The lowest BCUT2D eigenvalue weighted by molar-refractivity contribution is 0.0697. The number of hydrogen-bond acceptors (Lipinski definition) is 3. The van der Waals surface area contributed by atoms with E-state index in [9.17, 15) is 4.79 Å². The molecule has 0 unspecified atom stereocenters. The first-order valence-electron chi connectivity index (χ1n) is 6.39. The molecule has 0 spiro atoms. The van der Waals surface area contributed by atoms with Crippen molar-refractivity contribution in [2.24, 2.45) is 7.05 Å². The van der Waals surface area contributed by atoms with Crippen LogP contribution in [0.3, 0.4) is 0 Å². The highest BCUT2D eigenvalue weighted by Gasteiger charge is 2.13. The molecule has 0 saturated carbocycles. The van der Waals surface area contributed by atoms with E-state index in [4.69, 9.17) is 5.11 Å². The third kappa shape index (κ3) is 2.00. The van der Waals surface area contributed by atoms with Crippen LogP contribution < -0.4 is 0 Å². The molecule has 5 heteroatoms. The maximum Gasteiger partial charge on any atom is 0.335 e. The Morgan fingerprint density at radius 3 is 2.80 bits per heavy atom. The van der Waals surface area contributed by atoms with E-state index in [1.54, 1.807) is 23.5 Å². The van der Waals surface area contributed by atoms with Crippen LogP contribution in [-0.4, -0.2) is 20.6 Å². The topological polar surface area (TPSA) is 55.1 Å². The fourth-order valence-electron chi connectivity index (χ4n) is 2.24. The van der Waals surface area contributed by atoms with Crippen molar-refractivity contribution >= 4 is 28.3 Å². The fraction of sp³-hybridized carbons (Fsp3) is 0.200. The molecule has 1 aromatic carbocycles. The number of carboxylic acids is 1. The second-order valence-corrected chi connectivity index (χ2v) is 5.79. The maximum absolute atomic E-state index is 11.0. The van der Waals surface area contributed by atoms with Crippen molar-refractivity contribution in [2.75, 3.05) is 0 Å². The van der Waals surface area contributed by atoms with Gasteiger partial charge in [-0.05, 0) is 36.8 Å². The predicted molar refractivity (Wildman–Crippen MR) is 80.4 cm³/mol. The normalized spacial score (nSPS) is 11.1. The minimum atomic E-state index is -0.927. The van der Waals surface area contributed by atoms with Gasteiger partial charge in [0.15, 0.2) is 5.82 Å². The van der Waals surface area contributed by atoms with E-state index in [2.05, 4.69) is 24.0 Å². The summed E-state index contributed by atoms with van der Waals surface area (Å²) in [6.07, 6.45) is 1.01. The minimum Gasteiger partial charge on any atom is -0.478 e. The first-order chi connectivity index (χ1) is 9.60. The van der Waals surface area contributed by atoms with Gasteiger partial charge in [-0.15, -0.1) is 11.3 Å². The number of carbonyl (C=O) groups is 1. The van der Waals surface area contributed by atoms with Gasteiger partial charge in [0.05, 0.1) is 21.5 Å². The molecule has 0 amide bonds. The van der Waals surface area contributed by atoms with Crippen LogP contribution in [0.5, 0.6) is 0 Å². The zero-order valence-electron chi connectivity index (χ0n) is 11.3. The summed E-state index contributed by atoms with van der Waals surface area (Å²) < 4.78 is 2.01. The molecule has 2 heterocycles. The molecule has 2 aromatic heterocycles. The summed E-state index contributed by atoms with van der Waals surface area (Å²) in [4.78, 5) is 18.0. The van der Waals surface area contributed by atoms with Gasteiger partial charge in [0, 0.05) is 11.9 Å². The van der Waals surface area contributed by atoms with Gasteiger partial charge in [0.1, 0.15) is 0 Å². The van der Waals surface area contributed by atoms with Gasteiger partial charge in [-0.1, -0.05) is 6.92 Å². The van der Waals surface area contributed by atoms with E-state index in [0.29, 0.717) is 5.52 Å². The van der Waals surface area contributed by atoms with E-state index in [1.165, 1.54) is 4.88 Å². The predicted octanol–water partition coefficient (Wildman–Crippen LogP) is 3.56. The molecule has 0 aliphatic heterocycles. The maximum atomic E-state index is 11.0. The lowest BCUT2D eigenvalue weighted by Gasteiger charge is -1.99. The molecule has 0 radical (unpaired) electrons. The minimum absolute atomic E-state index is 0.266. The van der Waals surface area contributed by atoms with Gasteiger partial charge in [-0.2, -0.15) is 0 Å². The third-order valence-electron chi connectivity index (χ3n) is 3.36. The summed E-state index contributed by atoms with van der Waals surface area (Å²) in [7, 11) is 1.95. The molecule has 0 atom stereocenters. The van der Waals surface area contributed by atoms with Crippen LogP contribution in [0.25, 0.3) is 21.7 Å². The molecule has 0 bridgehead atoms. The second-order valence-electron chi connectivity index (χ2n) is 4.62. The van der Waals surface area contributed by atoms with Gasteiger partial charge < -0.3 is 9.67 Å². The molecular weight excluding hydrogens is 272 g/mol. The summed E-state index contributed by atoms with van der Waals surface area (Å²) in [5.41, 5.74) is 1.92. The van der Waals surface area contributed by atoms with E-state index < -0.39 is 5.97 Å². The largest absolute Gasteiger partial charge is 0.478 e. The summed E-state index contributed by atoms with van der Waals surface area (Å²) >= 11 is 1.73. The molecule has 4 nitrogen and oxygen atoms in total. The Morgan fingerprint density at radius 2 is 2.15 bits per heavy atom. The average molecular weight is 286 g/mol. The standard InChI is InChI=1S/C15H14N2O2S/c1-3-10-5-7-13(20-10)14-16-11-8-9(15(18)19)4-6-12(11)17(14)2/h4-8H,3H2,1-2H3,(H,18,19). The zero-order valence-corrected chi connectivity index (χ0v) is 12.1. The monoisotopic (exact) mass is 286 g/mol. The number of fused-ring (bicyclic) bond motifs is 1. The highest BCUT2D eigenvalue weighted by atomic mass is 32.1.